The minimum atomic E-state index is -0.777. The lowest BCUT2D eigenvalue weighted by molar-refractivity contribution is -0.146. The van der Waals surface area contributed by atoms with Crippen molar-refractivity contribution in [3.8, 4) is 0 Å². The fourth-order valence-corrected chi connectivity index (χ4v) is 2.49. The van der Waals surface area contributed by atoms with Crippen molar-refractivity contribution in [2.24, 2.45) is 5.41 Å². The third-order valence-corrected chi connectivity index (χ3v) is 3.69. The standard InChI is InChI=1S/C16H16N2O2/c1-16(2,15(19)20)8-10-3-4-13-12(7-10)11-5-6-17-9-14(11)18-13/h3-7,9,18H,8H2,1-2H3,(H,19,20). The number of aromatic amines is 1. The Balaban J connectivity index is 2.10. The molecule has 0 amide bonds. The number of hydrogen-bond acceptors (Lipinski definition) is 2. The van der Waals surface area contributed by atoms with Crippen molar-refractivity contribution in [1.29, 1.82) is 0 Å². The lowest BCUT2D eigenvalue weighted by atomic mass is 9.85. The smallest absolute Gasteiger partial charge is 0.309 e. The second kappa shape index (κ2) is 4.34. The largest absolute Gasteiger partial charge is 0.481 e. The van der Waals surface area contributed by atoms with Crippen LogP contribution in [0.5, 0.6) is 0 Å². The summed E-state index contributed by atoms with van der Waals surface area (Å²) in [6, 6.07) is 8.03. The van der Waals surface area contributed by atoms with Gasteiger partial charge < -0.3 is 10.1 Å². The number of H-pyrrole nitrogens is 1. The molecule has 0 bridgehead atoms. The molecule has 0 atom stereocenters. The Kier molecular flexibility index (Phi) is 2.74. The monoisotopic (exact) mass is 268 g/mol. The lowest BCUT2D eigenvalue weighted by Gasteiger charge is -2.18. The van der Waals surface area contributed by atoms with E-state index >= 15 is 0 Å². The van der Waals surface area contributed by atoms with Crippen molar-refractivity contribution in [1.82, 2.24) is 9.97 Å². The molecule has 3 rings (SSSR count). The summed E-state index contributed by atoms with van der Waals surface area (Å²) in [7, 11) is 0. The molecule has 2 aromatic heterocycles. The van der Waals surface area contributed by atoms with Gasteiger partial charge in [0.05, 0.1) is 17.1 Å². The summed E-state index contributed by atoms with van der Waals surface area (Å²) < 4.78 is 0. The van der Waals surface area contributed by atoms with Gasteiger partial charge in [0, 0.05) is 22.5 Å². The molecule has 0 aliphatic heterocycles. The summed E-state index contributed by atoms with van der Waals surface area (Å²) in [6.07, 6.45) is 4.08. The number of pyridine rings is 1. The van der Waals surface area contributed by atoms with Gasteiger partial charge in [-0.1, -0.05) is 6.07 Å². The van der Waals surface area contributed by atoms with E-state index in [4.69, 9.17) is 0 Å². The number of carbonyl (C=O) groups is 1. The van der Waals surface area contributed by atoms with Gasteiger partial charge in [-0.2, -0.15) is 0 Å². The van der Waals surface area contributed by atoms with Crippen LogP contribution in [-0.2, 0) is 11.2 Å². The molecule has 0 aliphatic carbocycles. The number of carboxylic acids is 1. The van der Waals surface area contributed by atoms with E-state index in [0.717, 1.165) is 27.4 Å². The van der Waals surface area contributed by atoms with Crippen LogP contribution in [0.25, 0.3) is 21.8 Å². The van der Waals surface area contributed by atoms with Crippen molar-refractivity contribution >= 4 is 27.8 Å². The van der Waals surface area contributed by atoms with Crippen LogP contribution in [0.3, 0.4) is 0 Å². The van der Waals surface area contributed by atoms with Crippen molar-refractivity contribution in [3.05, 3.63) is 42.2 Å². The van der Waals surface area contributed by atoms with Crippen LogP contribution in [0.4, 0.5) is 0 Å². The molecule has 4 nitrogen and oxygen atoms in total. The average molecular weight is 268 g/mol. The Morgan fingerprint density at radius 2 is 2.05 bits per heavy atom. The van der Waals surface area contributed by atoms with E-state index in [2.05, 4.69) is 16.0 Å². The highest BCUT2D eigenvalue weighted by Gasteiger charge is 2.27. The van der Waals surface area contributed by atoms with Crippen molar-refractivity contribution in [3.63, 3.8) is 0 Å². The Labute approximate surface area is 116 Å². The van der Waals surface area contributed by atoms with Crippen LogP contribution in [-0.4, -0.2) is 21.0 Å². The lowest BCUT2D eigenvalue weighted by Crippen LogP contribution is -2.26. The Morgan fingerprint density at radius 3 is 2.80 bits per heavy atom. The maximum absolute atomic E-state index is 11.2. The SMILES string of the molecule is CC(C)(Cc1ccc2[nH]c3cnccc3c2c1)C(=O)O. The topological polar surface area (TPSA) is 66.0 Å². The number of aromatic nitrogens is 2. The van der Waals surface area contributed by atoms with Crippen LogP contribution in [0, 0.1) is 5.41 Å². The number of rotatable bonds is 3. The van der Waals surface area contributed by atoms with Gasteiger partial charge in [0.25, 0.3) is 0 Å². The Morgan fingerprint density at radius 1 is 1.25 bits per heavy atom. The highest BCUT2D eigenvalue weighted by atomic mass is 16.4. The molecule has 0 unspecified atom stereocenters. The summed E-state index contributed by atoms with van der Waals surface area (Å²) in [4.78, 5) is 18.7. The summed E-state index contributed by atoms with van der Waals surface area (Å²) in [6.45, 7) is 3.50. The zero-order valence-corrected chi connectivity index (χ0v) is 11.5. The molecular weight excluding hydrogens is 252 g/mol. The maximum Gasteiger partial charge on any atom is 0.309 e. The minimum Gasteiger partial charge on any atom is -0.481 e. The molecule has 0 aliphatic rings. The highest BCUT2D eigenvalue weighted by molar-refractivity contribution is 6.07. The first-order chi connectivity index (χ1) is 9.47. The Bertz CT molecular complexity index is 802. The first kappa shape index (κ1) is 12.7. The highest BCUT2D eigenvalue weighted by Crippen LogP contribution is 2.28. The first-order valence-corrected chi connectivity index (χ1v) is 6.55. The van der Waals surface area contributed by atoms with Crippen molar-refractivity contribution in [2.75, 3.05) is 0 Å². The fraction of sp³-hybridized carbons (Fsp3) is 0.250. The van der Waals surface area contributed by atoms with Gasteiger partial charge in [-0.15, -0.1) is 0 Å². The van der Waals surface area contributed by atoms with Crippen molar-refractivity contribution < 1.29 is 9.90 Å². The predicted octanol–water partition coefficient (Wildman–Crippen LogP) is 3.37. The van der Waals surface area contributed by atoms with E-state index in [1.54, 1.807) is 26.2 Å². The molecule has 0 spiro atoms. The zero-order valence-electron chi connectivity index (χ0n) is 11.5. The molecule has 1 aromatic carbocycles. The summed E-state index contributed by atoms with van der Waals surface area (Å²) in [5.74, 6) is -0.777. The third-order valence-electron chi connectivity index (χ3n) is 3.69. The molecule has 0 saturated carbocycles. The normalized spacial score (nSPS) is 12.1. The molecule has 0 saturated heterocycles. The van der Waals surface area contributed by atoms with E-state index in [1.165, 1.54) is 0 Å². The molecular formula is C16H16N2O2. The minimum absolute atomic E-state index is 0.510. The number of benzene rings is 1. The van der Waals surface area contributed by atoms with E-state index in [-0.39, 0.29) is 0 Å². The average Bonchev–Trinajstić information content (AvgIpc) is 2.76. The van der Waals surface area contributed by atoms with Crippen LogP contribution in [0.15, 0.2) is 36.7 Å². The van der Waals surface area contributed by atoms with Gasteiger partial charge in [-0.05, 0) is 44.0 Å². The molecule has 2 heterocycles. The number of nitrogens with one attached hydrogen (secondary N) is 1. The van der Waals surface area contributed by atoms with Crippen LogP contribution in [0.2, 0.25) is 0 Å². The van der Waals surface area contributed by atoms with E-state index in [1.807, 2.05) is 18.2 Å². The van der Waals surface area contributed by atoms with Gasteiger partial charge in [0.15, 0.2) is 0 Å². The number of nitrogens with zero attached hydrogens (tertiary/aromatic N) is 1. The Hall–Kier alpha value is -2.36. The van der Waals surface area contributed by atoms with Crippen molar-refractivity contribution in [2.45, 2.75) is 20.3 Å². The molecule has 3 aromatic rings. The number of fused-ring (bicyclic) bond motifs is 3. The summed E-state index contributed by atoms with van der Waals surface area (Å²) in [5, 5.41) is 11.5. The third kappa shape index (κ3) is 2.03. The second-order valence-electron chi connectivity index (χ2n) is 5.79. The van der Waals surface area contributed by atoms with Gasteiger partial charge in [-0.3, -0.25) is 9.78 Å². The maximum atomic E-state index is 11.2. The number of carboxylic acid groups (broad SMARTS) is 1. The number of hydrogen-bond donors (Lipinski definition) is 2. The van der Waals surface area contributed by atoms with Crippen LogP contribution >= 0.6 is 0 Å². The summed E-state index contributed by atoms with van der Waals surface area (Å²) >= 11 is 0. The van der Waals surface area contributed by atoms with E-state index < -0.39 is 11.4 Å². The molecule has 20 heavy (non-hydrogen) atoms. The second-order valence-corrected chi connectivity index (χ2v) is 5.79. The molecule has 0 fully saturated rings. The fourth-order valence-electron chi connectivity index (χ4n) is 2.49. The molecule has 2 N–H and O–H groups in total. The molecule has 0 radical (unpaired) electrons. The van der Waals surface area contributed by atoms with Gasteiger partial charge in [-0.25, -0.2) is 0 Å². The first-order valence-electron chi connectivity index (χ1n) is 6.55. The van der Waals surface area contributed by atoms with Gasteiger partial charge >= 0.3 is 5.97 Å². The zero-order chi connectivity index (χ0) is 14.3. The predicted molar refractivity (Wildman–Crippen MR) is 78.7 cm³/mol. The number of aliphatic carboxylic acids is 1. The van der Waals surface area contributed by atoms with Gasteiger partial charge in [0.1, 0.15) is 0 Å². The quantitative estimate of drug-likeness (QED) is 0.765. The van der Waals surface area contributed by atoms with Crippen LogP contribution in [0.1, 0.15) is 19.4 Å². The molecule has 4 heteroatoms. The van der Waals surface area contributed by atoms with Gasteiger partial charge in [0.2, 0.25) is 0 Å². The van der Waals surface area contributed by atoms with Crippen LogP contribution < -0.4 is 0 Å². The van der Waals surface area contributed by atoms with E-state index in [9.17, 15) is 9.90 Å². The summed E-state index contributed by atoms with van der Waals surface area (Å²) in [5.41, 5.74) is 2.31. The van der Waals surface area contributed by atoms with E-state index in [0.29, 0.717) is 6.42 Å². The molecule has 102 valence electrons.